The van der Waals surface area contributed by atoms with Gasteiger partial charge in [-0.25, -0.2) is 0 Å². The van der Waals surface area contributed by atoms with Gasteiger partial charge in [0.05, 0.1) is 6.54 Å². The number of carbonyl (C=O) groups excluding carboxylic acids is 2. The predicted molar refractivity (Wildman–Crippen MR) is 60.9 cm³/mol. The van der Waals surface area contributed by atoms with E-state index in [0.29, 0.717) is 6.32 Å². The van der Waals surface area contributed by atoms with E-state index in [0.717, 1.165) is 12.1 Å². The zero-order valence-electron chi connectivity index (χ0n) is 8.62. The topological polar surface area (TPSA) is 49.4 Å². The van der Waals surface area contributed by atoms with E-state index >= 15 is 0 Å². The van der Waals surface area contributed by atoms with Gasteiger partial charge in [0.25, 0.3) is 0 Å². The maximum absolute atomic E-state index is 11.4. The van der Waals surface area contributed by atoms with Crippen LogP contribution < -0.4 is 5.32 Å². The first kappa shape index (κ1) is 13.4. The smallest absolute Gasteiger partial charge is 0.239 e. The molecule has 0 aliphatic rings. The van der Waals surface area contributed by atoms with Crippen molar-refractivity contribution in [3.05, 3.63) is 0 Å². The molecule has 0 heterocycles. The zero-order chi connectivity index (χ0) is 11.0. The molecule has 6 heteroatoms. The molecule has 0 spiro atoms. The maximum atomic E-state index is 11.4. The highest BCUT2D eigenvalue weighted by Gasteiger charge is 2.11. The standard InChI is InChI=1S/C8H16BN2O2S/c1-10-7(12)6-11(2)8(13)5-9-3-4-14/h14H,3-6H2,1-2H3,(H,10,12). The van der Waals surface area contributed by atoms with E-state index in [1.54, 1.807) is 14.1 Å². The van der Waals surface area contributed by atoms with Crippen LogP contribution in [0.4, 0.5) is 0 Å². The molecule has 1 N–H and O–H groups in total. The SMILES string of the molecule is CNC(=O)CN(C)C(=O)C[B]CCS. The predicted octanol–water partition coefficient (Wildman–Crippen LogP) is -0.339. The molecule has 79 valence electrons. The Labute approximate surface area is 91.1 Å². The van der Waals surface area contributed by atoms with Crippen molar-refractivity contribution in [2.45, 2.75) is 12.6 Å². The quantitative estimate of drug-likeness (QED) is 0.362. The van der Waals surface area contributed by atoms with Gasteiger partial charge < -0.3 is 10.2 Å². The molecule has 0 atom stereocenters. The first-order valence-electron chi connectivity index (χ1n) is 4.49. The molecular weight excluding hydrogens is 199 g/mol. The van der Waals surface area contributed by atoms with Gasteiger partial charge in [-0.2, -0.15) is 12.6 Å². The lowest BCUT2D eigenvalue weighted by molar-refractivity contribution is -0.132. The van der Waals surface area contributed by atoms with Gasteiger partial charge in [0.15, 0.2) is 0 Å². The maximum Gasteiger partial charge on any atom is 0.239 e. The van der Waals surface area contributed by atoms with Crippen molar-refractivity contribution in [2.24, 2.45) is 0 Å². The normalized spacial score (nSPS) is 9.36. The Morgan fingerprint density at radius 1 is 1.50 bits per heavy atom. The van der Waals surface area contributed by atoms with Gasteiger partial charge in [0, 0.05) is 14.1 Å². The summed E-state index contributed by atoms with van der Waals surface area (Å²) < 4.78 is 0. The molecule has 4 nitrogen and oxygen atoms in total. The van der Waals surface area contributed by atoms with E-state index in [4.69, 9.17) is 0 Å². The fourth-order valence-corrected chi connectivity index (χ4v) is 1.04. The molecule has 0 aromatic carbocycles. The molecule has 0 bridgehead atoms. The summed E-state index contributed by atoms with van der Waals surface area (Å²) in [6.45, 7) is 0.115. The molecule has 0 fully saturated rings. The van der Waals surface area contributed by atoms with Gasteiger partial charge in [-0.3, -0.25) is 9.59 Å². The van der Waals surface area contributed by atoms with Crippen LogP contribution in [-0.2, 0) is 9.59 Å². The van der Waals surface area contributed by atoms with Crippen LogP contribution in [0.15, 0.2) is 0 Å². The molecule has 1 radical (unpaired) electrons. The van der Waals surface area contributed by atoms with Crippen LogP contribution in [0.1, 0.15) is 0 Å². The second kappa shape index (κ2) is 7.73. The van der Waals surface area contributed by atoms with Crippen molar-refractivity contribution >= 4 is 31.7 Å². The summed E-state index contributed by atoms with van der Waals surface area (Å²) in [5.41, 5.74) is 0. The van der Waals surface area contributed by atoms with Crippen molar-refractivity contribution in [1.82, 2.24) is 10.2 Å². The summed E-state index contributed by atoms with van der Waals surface area (Å²) in [7, 11) is 5.04. The summed E-state index contributed by atoms with van der Waals surface area (Å²) >= 11 is 4.03. The van der Waals surface area contributed by atoms with E-state index in [2.05, 4.69) is 17.9 Å². The third kappa shape index (κ3) is 5.91. The molecular formula is C8H16BN2O2S. The molecule has 0 aromatic heterocycles. The fraction of sp³-hybridized carbons (Fsp3) is 0.750. The highest BCUT2D eigenvalue weighted by atomic mass is 32.1. The minimum absolute atomic E-state index is 0.0459. The zero-order valence-corrected chi connectivity index (χ0v) is 9.51. The van der Waals surface area contributed by atoms with E-state index in [1.807, 2.05) is 7.28 Å². The number of hydrogen-bond donors (Lipinski definition) is 2. The lowest BCUT2D eigenvalue weighted by Crippen LogP contribution is -2.37. The minimum atomic E-state index is -0.157. The number of amides is 2. The number of rotatable bonds is 6. The van der Waals surface area contributed by atoms with Crippen LogP contribution in [0, 0.1) is 0 Å². The minimum Gasteiger partial charge on any atom is -0.358 e. The van der Waals surface area contributed by atoms with E-state index in [1.165, 1.54) is 4.90 Å². The van der Waals surface area contributed by atoms with Gasteiger partial charge in [0.1, 0.15) is 7.28 Å². The van der Waals surface area contributed by atoms with Crippen molar-refractivity contribution in [3.63, 3.8) is 0 Å². The molecule has 2 amide bonds. The van der Waals surface area contributed by atoms with Gasteiger partial charge in [-0.15, -0.1) is 0 Å². The van der Waals surface area contributed by atoms with Crippen LogP contribution in [-0.4, -0.2) is 50.4 Å². The fourth-order valence-electron chi connectivity index (χ4n) is 0.855. The summed E-state index contributed by atoms with van der Waals surface area (Å²) in [5.74, 6) is 0.539. The van der Waals surface area contributed by atoms with Gasteiger partial charge in [-0.1, -0.05) is 6.32 Å². The summed E-state index contributed by atoms with van der Waals surface area (Å²) in [5, 5.41) is 2.46. The van der Waals surface area contributed by atoms with Gasteiger partial charge in [-0.05, 0) is 12.1 Å². The number of hydrogen-bond acceptors (Lipinski definition) is 3. The lowest BCUT2D eigenvalue weighted by atomic mass is 9.71. The first-order valence-corrected chi connectivity index (χ1v) is 5.12. The van der Waals surface area contributed by atoms with Crippen LogP contribution in [0.3, 0.4) is 0 Å². The molecule has 14 heavy (non-hydrogen) atoms. The highest BCUT2D eigenvalue weighted by Crippen LogP contribution is 1.94. The number of likely N-dealkylation sites (N-methyl/N-ethyl adjacent to an activating group) is 2. The van der Waals surface area contributed by atoms with Crippen molar-refractivity contribution in [3.8, 4) is 0 Å². The van der Waals surface area contributed by atoms with Crippen LogP contribution in [0.2, 0.25) is 12.6 Å². The third-order valence-electron chi connectivity index (χ3n) is 1.74. The first-order chi connectivity index (χ1) is 6.61. The molecule has 0 aliphatic heterocycles. The lowest BCUT2D eigenvalue weighted by Gasteiger charge is -2.15. The average molecular weight is 215 g/mol. The van der Waals surface area contributed by atoms with Crippen LogP contribution >= 0.6 is 12.6 Å². The molecule has 0 rings (SSSR count). The average Bonchev–Trinajstić information content (AvgIpc) is 2.17. The highest BCUT2D eigenvalue weighted by molar-refractivity contribution is 7.80. The summed E-state index contributed by atoms with van der Waals surface area (Å²) in [4.78, 5) is 23.7. The molecule has 0 unspecified atom stereocenters. The Morgan fingerprint density at radius 2 is 2.14 bits per heavy atom. The van der Waals surface area contributed by atoms with Crippen molar-refractivity contribution < 1.29 is 9.59 Å². The summed E-state index contributed by atoms with van der Waals surface area (Å²) in [6, 6.07) is 0. The molecule has 0 aromatic rings. The number of thiol groups is 1. The Morgan fingerprint density at radius 3 is 2.64 bits per heavy atom. The molecule has 0 saturated carbocycles. The van der Waals surface area contributed by atoms with E-state index < -0.39 is 0 Å². The Bertz CT molecular complexity index is 202. The second-order valence-electron chi connectivity index (χ2n) is 2.93. The van der Waals surface area contributed by atoms with Gasteiger partial charge >= 0.3 is 0 Å². The Balaban J connectivity index is 3.70. The van der Waals surface area contributed by atoms with Crippen LogP contribution in [0.5, 0.6) is 0 Å². The van der Waals surface area contributed by atoms with Gasteiger partial charge in [0.2, 0.25) is 11.8 Å². The number of nitrogens with zero attached hydrogens (tertiary/aromatic N) is 1. The molecule has 0 aliphatic carbocycles. The second-order valence-corrected chi connectivity index (χ2v) is 3.38. The number of nitrogens with one attached hydrogen (secondary N) is 1. The van der Waals surface area contributed by atoms with Crippen LogP contribution in [0.25, 0.3) is 0 Å². The van der Waals surface area contributed by atoms with E-state index in [-0.39, 0.29) is 18.4 Å². The van der Waals surface area contributed by atoms with E-state index in [9.17, 15) is 9.59 Å². The van der Waals surface area contributed by atoms with Crippen molar-refractivity contribution in [1.29, 1.82) is 0 Å². The van der Waals surface area contributed by atoms with Crippen molar-refractivity contribution in [2.75, 3.05) is 26.4 Å². The molecule has 0 saturated heterocycles. The Hall–Kier alpha value is -0.645. The monoisotopic (exact) mass is 215 g/mol. The largest absolute Gasteiger partial charge is 0.358 e. The summed E-state index contributed by atoms with van der Waals surface area (Å²) in [6.07, 6.45) is 1.18. The Kier molecular flexibility index (Phi) is 7.37. The number of carbonyl (C=O) groups is 2. The third-order valence-corrected chi connectivity index (χ3v) is 2.00.